The number of aliphatic hydroxyl groups excluding tert-OH is 5. The summed E-state index contributed by atoms with van der Waals surface area (Å²) in [6.45, 7) is 5.66. The van der Waals surface area contributed by atoms with Crippen LogP contribution >= 0.6 is 0 Å². The predicted octanol–water partition coefficient (Wildman–Crippen LogP) is 17.1. The van der Waals surface area contributed by atoms with Gasteiger partial charge >= 0.3 is 5.97 Å². The fourth-order valence-electron chi connectivity index (χ4n) is 10.1. The molecule has 1 amide bonds. The first-order valence-corrected chi connectivity index (χ1v) is 34.0. The zero-order chi connectivity index (χ0) is 60.3. The summed E-state index contributed by atoms with van der Waals surface area (Å²) in [5, 5.41) is 57.2. The van der Waals surface area contributed by atoms with Crippen LogP contribution in [0.5, 0.6) is 0 Å². The number of amides is 1. The molecule has 478 valence electrons. The number of ether oxygens (including phenoxy) is 3. The number of aliphatic hydroxyl groups is 5. The van der Waals surface area contributed by atoms with Crippen LogP contribution in [0.15, 0.2) is 97.2 Å². The van der Waals surface area contributed by atoms with Crippen molar-refractivity contribution in [3.8, 4) is 0 Å². The zero-order valence-corrected chi connectivity index (χ0v) is 53.0. The number of allylic oxidation sites excluding steroid dienone is 15. The Labute approximate surface area is 507 Å². The molecule has 11 heteroatoms. The number of esters is 1. The summed E-state index contributed by atoms with van der Waals surface area (Å²) in [6.07, 6.45) is 68.6. The summed E-state index contributed by atoms with van der Waals surface area (Å²) in [7, 11) is 0. The van der Waals surface area contributed by atoms with Gasteiger partial charge in [-0.2, -0.15) is 0 Å². The van der Waals surface area contributed by atoms with Gasteiger partial charge in [0.2, 0.25) is 5.91 Å². The highest BCUT2D eigenvalue weighted by Crippen LogP contribution is 2.26. The third-order valence-corrected chi connectivity index (χ3v) is 15.5. The maximum Gasteiger partial charge on any atom is 0.306 e. The number of carbonyl (C=O) groups excluding carboxylic acids is 2. The van der Waals surface area contributed by atoms with Crippen LogP contribution in [0.2, 0.25) is 0 Å². The molecular formula is C72H125NO10. The minimum Gasteiger partial charge on any atom is -0.454 e. The Morgan fingerprint density at radius 3 is 1.33 bits per heavy atom. The van der Waals surface area contributed by atoms with Crippen LogP contribution < -0.4 is 5.32 Å². The molecule has 1 rings (SSSR count). The molecule has 8 unspecified atom stereocenters. The molecule has 11 nitrogen and oxygen atoms in total. The zero-order valence-electron chi connectivity index (χ0n) is 53.0. The van der Waals surface area contributed by atoms with Crippen LogP contribution in [0, 0.1) is 0 Å². The highest BCUT2D eigenvalue weighted by atomic mass is 16.7. The van der Waals surface area contributed by atoms with Crippen LogP contribution in [0.1, 0.15) is 284 Å². The first-order valence-electron chi connectivity index (χ1n) is 34.0. The number of nitrogens with one attached hydrogen (secondary N) is 1. The molecule has 8 atom stereocenters. The lowest BCUT2D eigenvalue weighted by Crippen LogP contribution is -2.61. The molecule has 0 aromatic heterocycles. The highest BCUT2D eigenvalue weighted by Gasteiger charge is 2.47. The lowest BCUT2D eigenvalue weighted by molar-refractivity contribution is -0.305. The lowest BCUT2D eigenvalue weighted by Gasteiger charge is -2.41. The number of hydrogen-bond acceptors (Lipinski definition) is 10. The van der Waals surface area contributed by atoms with Crippen LogP contribution in [0.25, 0.3) is 0 Å². The quantitative estimate of drug-likeness (QED) is 0.0195. The fraction of sp³-hybridized carbons (Fsp3) is 0.750. The van der Waals surface area contributed by atoms with Crippen molar-refractivity contribution < 1.29 is 49.3 Å². The number of carbonyl (C=O) groups is 2. The normalized spacial score (nSPS) is 19.2. The monoisotopic (exact) mass is 1160 g/mol. The summed E-state index contributed by atoms with van der Waals surface area (Å²) in [5.74, 6) is -1.21. The molecule has 83 heavy (non-hydrogen) atoms. The molecule has 0 aromatic carbocycles. The van der Waals surface area contributed by atoms with E-state index in [1.165, 1.54) is 116 Å². The molecule has 1 saturated heterocycles. The molecular weight excluding hydrogens is 1040 g/mol. The van der Waals surface area contributed by atoms with Gasteiger partial charge in [-0.05, 0) is 103 Å². The van der Waals surface area contributed by atoms with E-state index in [1.807, 2.05) is 6.08 Å². The third kappa shape index (κ3) is 46.5. The minimum absolute atomic E-state index is 0.111. The van der Waals surface area contributed by atoms with Crippen molar-refractivity contribution in [3.05, 3.63) is 97.2 Å². The molecule has 0 spiro atoms. The minimum atomic E-state index is -1.62. The van der Waals surface area contributed by atoms with Crippen LogP contribution in [-0.4, -0.2) is 99.6 Å². The molecule has 1 fully saturated rings. The highest BCUT2D eigenvalue weighted by molar-refractivity contribution is 5.80. The Morgan fingerprint density at radius 2 is 0.867 bits per heavy atom. The average molecular weight is 1160 g/mol. The molecule has 0 aliphatic carbocycles. The summed E-state index contributed by atoms with van der Waals surface area (Å²) in [5.41, 5.74) is 0. The number of unbranched alkanes of at least 4 members (excludes halogenated alkanes) is 29. The van der Waals surface area contributed by atoms with Crippen molar-refractivity contribution >= 4 is 11.9 Å². The number of rotatable bonds is 57. The second-order valence-corrected chi connectivity index (χ2v) is 23.2. The van der Waals surface area contributed by atoms with Crippen LogP contribution in [0.4, 0.5) is 0 Å². The first kappa shape index (κ1) is 77.6. The van der Waals surface area contributed by atoms with Gasteiger partial charge in [0.25, 0.3) is 0 Å². The molecule has 1 aliphatic heterocycles. The van der Waals surface area contributed by atoms with Gasteiger partial charge in [0, 0.05) is 6.42 Å². The van der Waals surface area contributed by atoms with Crippen molar-refractivity contribution in [2.75, 3.05) is 13.2 Å². The fourth-order valence-corrected chi connectivity index (χ4v) is 10.1. The summed E-state index contributed by atoms with van der Waals surface area (Å²) in [4.78, 5) is 26.6. The van der Waals surface area contributed by atoms with E-state index >= 15 is 0 Å². The van der Waals surface area contributed by atoms with Gasteiger partial charge in [-0.3, -0.25) is 9.59 Å². The van der Waals surface area contributed by atoms with E-state index in [-0.39, 0.29) is 19.4 Å². The second-order valence-electron chi connectivity index (χ2n) is 23.2. The Kier molecular flexibility index (Phi) is 55.1. The molecule has 6 N–H and O–H groups in total. The van der Waals surface area contributed by atoms with Crippen molar-refractivity contribution in [2.24, 2.45) is 0 Å². The van der Waals surface area contributed by atoms with Gasteiger partial charge in [-0.1, -0.05) is 272 Å². The van der Waals surface area contributed by atoms with Gasteiger partial charge in [0.05, 0.1) is 25.4 Å². The Balaban J connectivity index is 2.64. The van der Waals surface area contributed by atoms with E-state index in [4.69, 9.17) is 14.2 Å². The molecule has 0 bridgehead atoms. The van der Waals surface area contributed by atoms with E-state index in [0.717, 1.165) is 122 Å². The first-order chi connectivity index (χ1) is 40.7. The van der Waals surface area contributed by atoms with Gasteiger partial charge in [-0.25, -0.2) is 0 Å². The van der Waals surface area contributed by atoms with Crippen molar-refractivity contribution in [1.82, 2.24) is 5.32 Å². The average Bonchev–Trinajstić information content (AvgIpc) is 3.67. The van der Waals surface area contributed by atoms with Gasteiger partial charge in [-0.15, -0.1) is 0 Å². The molecule has 1 aliphatic rings. The molecule has 1 heterocycles. The standard InChI is InChI=1S/C72H125NO10/c1-4-7-10-13-16-19-22-25-27-29-30-31-32-33-34-35-37-38-41-44-47-50-53-56-59-65(76)71(80)73-63(64(75)58-55-52-49-46-43-40-24-21-18-15-12-9-6-3)62-81-72-70(69(79)68(78)66(61-74)82-72)83-67(77)60-57-54-51-48-45-42-39-36-28-26-23-20-17-14-11-8-5-2/h7,10,16-17,19-20,25-28,30-31,33-34,55,58,63-66,68-70,72,74-76,78-79H,4-6,8-9,11-15,18,21-24,29,32,35-54,56-57,59-62H2,1-3H3,(H,73,80)/b10-7-,19-16-,20-17-,27-25-,28-26-,31-30-,34-33-,58-55+. The maximum absolute atomic E-state index is 13.5. The predicted molar refractivity (Wildman–Crippen MR) is 347 cm³/mol. The smallest absolute Gasteiger partial charge is 0.306 e. The summed E-state index contributed by atoms with van der Waals surface area (Å²) < 4.78 is 17.7. The van der Waals surface area contributed by atoms with Crippen molar-refractivity contribution in [3.63, 3.8) is 0 Å². The van der Waals surface area contributed by atoms with Crippen LogP contribution in [-0.2, 0) is 23.8 Å². The van der Waals surface area contributed by atoms with Gasteiger partial charge in [0.1, 0.15) is 24.4 Å². The number of hydrogen-bond donors (Lipinski definition) is 6. The third-order valence-electron chi connectivity index (χ3n) is 15.5. The van der Waals surface area contributed by atoms with Gasteiger partial charge in [0.15, 0.2) is 12.4 Å². The Hall–Kier alpha value is -3.42. The van der Waals surface area contributed by atoms with E-state index in [9.17, 15) is 35.1 Å². The molecule has 0 radical (unpaired) electrons. The van der Waals surface area contributed by atoms with E-state index < -0.39 is 67.4 Å². The van der Waals surface area contributed by atoms with E-state index in [1.54, 1.807) is 6.08 Å². The van der Waals surface area contributed by atoms with E-state index in [0.29, 0.717) is 12.8 Å². The second kappa shape index (κ2) is 58.9. The Morgan fingerprint density at radius 1 is 0.482 bits per heavy atom. The van der Waals surface area contributed by atoms with Crippen molar-refractivity contribution in [1.29, 1.82) is 0 Å². The van der Waals surface area contributed by atoms with Crippen LogP contribution in [0.3, 0.4) is 0 Å². The molecule has 0 saturated carbocycles. The SMILES string of the molecule is CC/C=C\C/C=C\C/C=C\C/C=C\C/C=C\CCCCCCCCCCC(O)C(=O)NC(COC1OC(CO)C(O)C(O)C1OC(=O)CCCCCCCCC/C=C\C/C=C\CCCCC)C(O)/C=C/CCCCCCCCCCCCC. The largest absolute Gasteiger partial charge is 0.454 e. The van der Waals surface area contributed by atoms with E-state index in [2.05, 4.69) is 111 Å². The lowest BCUT2D eigenvalue weighted by atomic mass is 9.99. The summed E-state index contributed by atoms with van der Waals surface area (Å²) in [6, 6.07) is -1.04. The summed E-state index contributed by atoms with van der Waals surface area (Å²) >= 11 is 0. The maximum atomic E-state index is 13.5. The van der Waals surface area contributed by atoms with Crippen molar-refractivity contribution in [2.45, 2.75) is 333 Å². The molecule has 0 aromatic rings. The Bertz CT molecular complexity index is 1720. The topological polar surface area (TPSA) is 175 Å². The van der Waals surface area contributed by atoms with Gasteiger partial charge < -0.3 is 45.1 Å².